The maximum absolute atomic E-state index is 11.0. The minimum absolute atomic E-state index is 0.288. The quantitative estimate of drug-likeness (QED) is 0.930. The van der Waals surface area contributed by atoms with E-state index < -0.39 is 5.97 Å². The van der Waals surface area contributed by atoms with Gasteiger partial charge in [-0.2, -0.15) is 4.98 Å². The molecule has 1 saturated heterocycles. The van der Waals surface area contributed by atoms with E-state index in [1.165, 1.54) is 0 Å². The third-order valence-electron chi connectivity index (χ3n) is 3.42. The molecule has 1 atom stereocenters. The van der Waals surface area contributed by atoms with E-state index in [1.807, 2.05) is 17.5 Å². The highest BCUT2D eigenvalue weighted by molar-refractivity contribution is 7.13. The second kappa shape index (κ2) is 5.72. The van der Waals surface area contributed by atoms with Gasteiger partial charge in [-0.3, -0.25) is 9.69 Å². The lowest BCUT2D eigenvalue weighted by Gasteiger charge is -2.29. The minimum atomic E-state index is -0.723. The van der Waals surface area contributed by atoms with Gasteiger partial charge in [-0.1, -0.05) is 11.2 Å². The summed E-state index contributed by atoms with van der Waals surface area (Å²) in [6, 6.07) is 3.89. The molecule has 7 heteroatoms. The molecule has 3 rings (SSSR count). The number of hydrogen-bond acceptors (Lipinski definition) is 6. The zero-order chi connectivity index (χ0) is 13.9. The van der Waals surface area contributed by atoms with Gasteiger partial charge in [0.1, 0.15) is 0 Å². The molecule has 0 aliphatic carbocycles. The molecule has 1 N–H and O–H groups in total. The Kier molecular flexibility index (Phi) is 3.79. The van der Waals surface area contributed by atoms with Crippen molar-refractivity contribution in [1.29, 1.82) is 0 Å². The summed E-state index contributed by atoms with van der Waals surface area (Å²) in [5.41, 5.74) is 0. The largest absolute Gasteiger partial charge is 0.481 e. The van der Waals surface area contributed by atoms with Crippen LogP contribution in [-0.4, -0.2) is 39.2 Å². The Hall–Kier alpha value is -1.73. The first-order valence-corrected chi connectivity index (χ1v) is 7.42. The van der Waals surface area contributed by atoms with Crippen molar-refractivity contribution in [1.82, 2.24) is 15.0 Å². The second-order valence-corrected chi connectivity index (χ2v) is 5.85. The molecule has 1 aliphatic heterocycles. The number of aromatic nitrogens is 2. The summed E-state index contributed by atoms with van der Waals surface area (Å²) in [5, 5.41) is 15.0. The van der Waals surface area contributed by atoms with E-state index in [-0.39, 0.29) is 5.92 Å². The van der Waals surface area contributed by atoms with Crippen molar-refractivity contribution in [3.63, 3.8) is 0 Å². The van der Waals surface area contributed by atoms with Crippen LogP contribution in [0.3, 0.4) is 0 Å². The standard InChI is InChI=1S/C13H15N3O3S/c17-13(18)9-3-1-5-16(7-9)8-11-14-12(15-19-11)10-4-2-6-20-10/h2,4,6,9H,1,3,5,7-8H2,(H,17,18). The zero-order valence-electron chi connectivity index (χ0n) is 10.9. The van der Waals surface area contributed by atoms with E-state index in [4.69, 9.17) is 9.63 Å². The van der Waals surface area contributed by atoms with Crippen LogP contribution >= 0.6 is 11.3 Å². The number of carbonyl (C=O) groups is 1. The van der Waals surface area contributed by atoms with Crippen LogP contribution in [0.4, 0.5) is 0 Å². The molecule has 20 heavy (non-hydrogen) atoms. The first kappa shape index (κ1) is 13.3. The fourth-order valence-corrected chi connectivity index (χ4v) is 3.07. The Morgan fingerprint density at radius 3 is 3.25 bits per heavy atom. The van der Waals surface area contributed by atoms with E-state index in [0.717, 1.165) is 24.3 Å². The number of nitrogens with zero attached hydrogens (tertiary/aromatic N) is 3. The predicted octanol–water partition coefficient (Wildman–Crippen LogP) is 2.09. The molecular weight excluding hydrogens is 278 g/mol. The maximum Gasteiger partial charge on any atom is 0.307 e. The number of carboxylic acids is 1. The van der Waals surface area contributed by atoms with Gasteiger partial charge in [-0.15, -0.1) is 11.3 Å². The zero-order valence-corrected chi connectivity index (χ0v) is 11.7. The van der Waals surface area contributed by atoms with Crippen LogP contribution in [0.5, 0.6) is 0 Å². The number of likely N-dealkylation sites (tertiary alicyclic amines) is 1. The molecule has 2 aromatic rings. The van der Waals surface area contributed by atoms with Crippen LogP contribution in [0.15, 0.2) is 22.0 Å². The summed E-state index contributed by atoms with van der Waals surface area (Å²) in [4.78, 5) is 18.4. The van der Waals surface area contributed by atoms with Crippen molar-refractivity contribution in [3.05, 3.63) is 23.4 Å². The molecule has 0 spiro atoms. The highest BCUT2D eigenvalue weighted by Gasteiger charge is 2.26. The fraction of sp³-hybridized carbons (Fsp3) is 0.462. The first-order chi connectivity index (χ1) is 9.72. The molecule has 1 fully saturated rings. The summed E-state index contributed by atoms with van der Waals surface area (Å²) in [7, 11) is 0. The van der Waals surface area contributed by atoms with E-state index >= 15 is 0 Å². The highest BCUT2D eigenvalue weighted by atomic mass is 32.1. The second-order valence-electron chi connectivity index (χ2n) is 4.90. The number of aliphatic carboxylic acids is 1. The number of carboxylic acid groups (broad SMARTS) is 1. The first-order valence-electron chi connectivity index (χ1n) is 6.54. The van der Waals surface area contributed by atoms with Gasteiger partial charge in [-0.25, -0.2) is 0 Å². The Labute approximate surface area is 120 Å². The van der Waals surface area contributed by atoms with Gasteiger partial charge >= 0.3 is 5.97 Å². The van der Waals surface area contributed by atoms with Crippen molar-refractivity contribution in [2.24, 2.45) is 5.92 Å². The van der Waals surface area contributed by atoms with Gasteiger partial charge in [0.2, 0.25) is 11.7 Å². The number of rotatable bonds is 4. The van der Waals surface area contributed by atoms with E-state index in [1.54, 1.807) is 11.3 Å². The average molecular weight is 293 g/mol. The van der Waals surface area contributed by atoms with Gasteiger partial charge in [0.05, 0.1) is 17.3 Å². The van der Waals surface area contributed by atoms with E-state index in [2.05, 4.69) is 15.0 Å². The lowest BCUT2D eigenvalue weighted by molar-refractivity contribution is -0.143. The Bertz CT molecular complexity index is 581. The molecule has 3 heterocycles. The summed E-state index contributed by atoms with van der Waals surface area (Å²) >= 11 is 1.56. The normalized spacial score (nSPS) is 20.1. The van der Waals surface area contributed by atoms with Gasteiger partial charge < -0.3 is 9.63 Å². The fourth-order valence-electron chi connectivity index (χ4n) is 2.42. The van der Waals surface area contributed by atoms with E-state index in [9.17, 15) is 4.79 Å². The topological polar surface area (TPSA) is 79.5 Å². The van der Waals surface area contributed by atoms with Crippen LogP contribution in [0.2, 0.25) is 0 Å². The van der Waals surface area contributed by atoms with Crippen molar-refractivity contribution < 1.29 is 14.4 Å². The summed E-state index contributed by atoms with van der Waals surface area (Å²) in [6.07, 6.45) is 1.64. The molecule has 0 amide bonds. The number of hydrogen-bond donors (Lipinski definition) is 1. The molecule has 106 valence electrons. The molecule has 0 aromatic carbocycles. The van der Waals surface area contributed by atoms with Crippen LogP contribution in [0, 0.1) is 5.92 Å². The Balaban J connectivity index is 1.64. The van der Waals surface area contributed by atoms with Crippen molar-refractivity contribution in [3.8, 4) is 10.7 Å². The number of thiophene rings is 1. The summed E-state index contributed by atoms with van der Waals surface area (Å²) in [6.45, 7) is 1.94. The predicted molar refractivity (Wildman–Crippen MR) is 73.2 cm³/mol. The van der Waals surface area contributed by atoms with Crippen LogP contribution in [0.1, 0.15) is 18.7 Å². The average Bonchev–Trinajstić information content (AvgIpc) is 3.09. The van der Waals surface area contributed by atoms with Gasteiger partial charge in [0.15, 0.2) is 0 Å². The molecular formula is C13H15N3O3S. The van der Waals surface area contributed by atoms with Gasteiger partial charge in [-0.05, 0) is 30.8 Å². The van der Waals surface area contributed by atoms with E-state index in [0.29, 0.717) is 24.8 Å². The Morgan fingerprint density at radius 2 is 2.50 bits per heavy atom. The van der Waals surface area contributed by atoms with Gasteiger partial charge in [0.25, 0.3) is 0 Å². The maximum atomic E-state index is 11.0. The van der Waals surface area contributed by atoms with Gasteiger partial charge in [0, 0.05) is 6.54 Å². The summed E-state index contributed by atoms with van der Waals surface area (Å²) in [5.74, 6) is 0.129. The third kappa shape index (κ3) is 2.88. The van der Waals surface area contributed by atoms with Crippen LogP contribution in [-0.2, 0) is 11.3 Å². The molecule has 2 aromatic heterocycles. The van der Waals surface area contributed by atoms with Crippen molar-refractivity contribution >= 4 is 17.3 Å². The smallest absolute Gasteiger partial charge is 0.307 e. The number of piperidine rings is 1. The van der Waals surface area contributed by atoms with Crippen LogP contribution < -0.4 is 0 Å². The molecule has 1 unspecified atom stereocenters. The highest BCUT2D eigenvalue weighted by Crippen LogP contribution is 2.23. The van der Waals surface area contributed by atoms with Crippen molar-refractivity contribution in [2.75, 3.05) is 13.1 Å². The molecule has 0 radical (unpaired) electrons. The molecule has 0 saturated carbocycles. The lowest BCUT2D eigenvalue weighted by Crippen LogP contribution is -2.38. The summed E-state index contributed by atoms with van der Waals surface area (Å²) < 4.78 is 5.24. The lowest BCUT2D eigenvalue weighted by atomic mass is 9.98. The molecule has 6 nitrogen and oxygen atoms in total. The monoisotopic (exact) mass is 293 g/mol. The molecule has 1 aliphatic rings. The van der Waals surface area contributed by atoms with Crippen molar-refractivity contribution in [2.45, 2.75) is 19.4 Å². The Morgan fingerprint density at radius 1 is 1.60 bits per heavy atom. The molecule has 0 bridgehead atoms. The third-order valence-corrected chi connectivity index (χ3v) is 4.29. The van der Waals surface area contributed by atoms with Crippen LogP contribution in [0.25, 0.3) is 10.7 Å². The minimum Gasteiger partial charge on any atom is -0.481 e. The SMILES string of the molecule is O=C(O)C1CCCN(Cc2nc(-c3cccs3)no2)C1.